The van der Waals surface area contributed by atoms with E-state index in [1.54, 1.807) is 23.9 Å². The van der Waals surface area contributed by atoms with E-state index in [1.807, 2.05) is 18.4 Å². The maximum Gasteiger partial charge on any atom is 0.138 e. The molecule has 0 amide bonds. The Balaban J connectivity index is 2.49. The van der Waals surface area contributed by atoms with Crippen LogP contribution < -0.4 is 0 Å². The Bertz CT molecular complexity index is 420. The van der Waals surface area contributed by atoms with Crippen molar-refractivity contribution in [3.05, 3.63) is 30.0 Å². The molecule has 0 aliphatic rings. The van der Waals surface area contributed by atoms with Crippen LogP contribution in [0, 0.1) is 0 Å². The number of thioether (sulfide) groups is 1. The Morgan fingerprint density at radius 1 is 1.38 bits per heavy atom. The van der Waals surface area contributed by atoms with Crippen molar-refractivity contribution in [2.45, 2.75) is 5.75 Å². The van der Waals surface area contributed by atoms with E-state index in [2.05, 4.69) is 0 Å². The number of hydrogen-bond donors (Lipinski definition) is 1. The van der Waals surface area contributed by atoms with Crippen molar-refractivity contribution in [3.8, 4) is 5.75 Å². The predicted molar refractivity (Wildman–Crippen MR) is 55.1 cm³/mol. The van der Waals surface area contributed by atoms with Crippen LogP contribution in [0.2, 0.25) is 0 Å². The fourth-order valence-corrected chi connectivity index (χ4v) is 1.71. The second-order valence-corrected chi connectivity index (χ2v) is 3.73. The molecule has 0 radical (unpaired) electrons. The first-order valence-electron chi connectivity index (χ1n) is 4.00. The number of fused-ring (bicyclic) bond motifs is 1. The molecule has 68 valence electrons. The van der Waals surface area contributed by atoms with Crippen molar-refractivity contribution in [3.63, 3.8) is 0 Å². The Morgan fingerprint density at radius 3 is 3.00 bits per heavy atom. The first kappa shape index (κ1) is 8.51. The second-order valence-electron chi connectivity index (χ2n) is 2.87. The zero-order chi connectivity index (χ0) is 9.26. The van der Waals surface area contributed by atoms with Gasteiger partial charge in [-0.05, 0) is 24.5 Å². The Labute approximate surface area is 80.6 Å². The summed E-state index contributed by atoms with van der Waals surface area (Å²) in [6, 6.07) is 7.17. The molecule has 2 nitrogen and oxygen atoms in total. The van der Waals surface area contributed by atoms with Crippen molar-refractivity contribution in [2.24, 2.45) is 0 Å². The summed E-state index contributed by atoms with van der Waals surface area (Å²) in [5.41, 5.74) is 0.754. The van der Waals surface area contributed by atoms with Crippen molar-refractivity contribution in [1.29, 1.82) is 0 Å². The van der Waals surface area contributed by atoms with E-state index in [1.165, 1.54) is 0 Å². The van der Waals surface area contributed by atoms with Gasteiger partial charge in [-0.25, -0.2) is 0 Å². The lowest BCUT2D eigenvalue weighted by atomic mass is 10.2. The molecule has 1 heterocycles. The third-order valence-electron chi connectivity index (χ3n) is 1.84. The molecule has 1 aromatic heterocycles. The molecular formula is C10H10O2S. The van der Waals surface area contributed by atoms with Crippen LogP contribution in [0.5, 0.6) is 5.75 Å². The number of benzene rings is 1. The summed E-state index contributed by atoms with van der Waals surface area (Å²) in [5, 5.41) is 10.2. The van der Waals surface area contributed by atoms with Crippen molar-refractivity contribution < 1.29 is 9.52 Å². The van der Waals surface area contributed by atoms with E-state index < -0.39 is 0 Å². The summed E-state index contributed by atoms with van der Waals surface area (Å²) in [7, 11) is 0. The molecule has 1 N–H and O–H groups in total. The Hall–Kier alpha value is -1.09. The molecule has 0 spiro atoms. The van der Waals surface area contributed by atoms with Crippen LogP contribution >= 0.6 is 11.8 Å². The van der Waals surface area contributed by atoms with Crippen LogP contribution in [0.1, 0.15) is 5.76 Å². The predicted octanol–water partition coefficient (Wildman–Crippen LogP) is 3.00. The molecule has 0 unspecified atom stereocenters. The topological polar surface area (TPSA) is 33.4 Å². The van der Waals surface area contributed by atoms with E-state index >= 15 is 0 Å². The molecule has 13 heavy (non-hydrogen) atoms. The molecule has 0 bridgehead atoms. The van der Waals surface area contributed by atoms with E-state index in [-0.39, 0.29) is 5.75 Å². The van der Waals surface area contributed by atoms with Gasteiger partial charge in [-0.3, -0.25) is 0 Å². The van der Waals surface area contributed by atoms with Crippen LogP contribution in [0.3, 0.4) is 0 Å². The maximum atomic E-state index is 9.20. The van der Waals surface area contributed by atoms with E-state index in [0.29, 0.717) is 0 Å². The second kappa shape index (κ2) is 3.34. The molecule has 2 rings (SSSR count). The molecule has 3 heteroatoms. The Morgan fingerprint density at radius 2 is 2.23 bits per heavy atom. The molecule has 0 saturated carbocycles. The third-order valence-corrected chi connectivity index (χ3v) is 2.41. The lowest BCUT2D eigenvalue weighted by molar-refractivity contribution is 0.474. The van der Waals surface area contributed by atoms with Gasteiger partial charge in [0.05, 0.1) is 5.75 Å². The number of phenols is 1. The molecule has 2 aromatic rings. The average molecular weight is 194 g/mol. The molecule has 0 fully saturated rings. The molecule has 0 saturated heterocycles. The normalized spacial score (nSPS) is 10.8. The Kier molecular flexibility index (Phi) is 2.19. The summed E-state index contributed by atoms with van der Waals surface area (Å²) in [5.74, 6) is 2.07. The van der Waals surface area contributed by atoms with Crippen LogP contribution in [0.25, 0.3) is 11.0 Å². The smallest absolute Gasteiger partial charge is 0.138 e. The summed E-state index contributed by atoms with van der Waals surface area (Å²) < 4.78 is 5.51. The van der Waals surface area contributed by atoms with Crippen LogP contribution in [-0.2, 0) is 5.75 Å². The number of furan rings is 1. The maximum absolute atomic E-state index is 9.20. The molecule has 0 atom stereocenters. The van der Waals surface area contributed by atoms with Crippen LogP contribution in [0.4, 0.5) is 0 Å². The third kappa shape index (κ3) is 1.65. The highest BCUT2D eigenvalue weighted by Crippen LogP contribution is 2.24. The van der Waals surface area contributed by atoms with E-state index in [4.69, 9.17) is 4.42 Å². The van der Waals surface area contributed by atoms with Gasteiger partial charge < -0.3 is 9.52 Å². The summed E-state index contributed by atoms with van der Waals surface area (Å²) in [4.78, 5) is 0. The minimum absolute atomic E-state index is 0.248. The largest absolute Gasteiger partial charge is 0.508 e. The quantitative estimate of drug-likeness (QED) is 0.797. The van der Waals surface area contributed by atoms with Crippen LogP contribution in [0.15, 0.2) is 28.7 Å². The van der Waals surface area contributed by atoms with Gasteiger partial charge >= 0.3 is 0 Å². The standard InChI is InChI=1S/C10H10O2S/c1-13-6-9-4-7-2-3-8(11)5-10(7)12-9/h2-5,11H,6H2,1H3. The number of phenolic OH excluding ortho intramolecular Hbond substituents is 1. The van der Waals surface area contributed by atoms with Gasteiger partial charge in [0.25, 0.3) is 0 Å². The van der Waals surface area contributed by atoms with Gasteiger partial charge in [0, 0.05) is 11.5 Å². The lowest BCUT2D eigenvalue weighted by Crippen LogP contribution is -1.69. The summed E-state index contributed by atoms with van der Waals surface area (Å²) in [6.45, 7) is 0. The van der Waals surface area contributed by atoms with Crippen molar-refractivity contribution in [1.82, 2.24) is 0 Å². The highest BCUT2D eigenvalue weighted by atomic mass is 32.2. The van der Waals surface area contributed by atoms with Crippen molar-refractivity contribution in [2.75, 3.05) is 6.26 Å². The number of hydrogen-bond acceptors (Lipinski definition) is 3. The zero-order valence-electron chi connectivity index (χ0n) is 7.28. The minimum Gasteiger partial charge on any atom is -0.508 e. The van der Waals surface area contributed by atoms with Gasteiger partial charge in [-0.1, -0.05) is 0 Å². The number of rotatable bonds is 2. The van der Waals surface area contributed by atoms with E-state index in [9.17, 15) is 5.11 Å². The average Bonchev–Trinajstić information content (AvgIpc) is 2.46. The summed E-state index contributed by atoms with van der Waals surface area (Å²) >= 11 is 1.72. The van der Waals surface area contributed by atoms with Gasteiger partial charge in [0.2, 0.25) is 0 Å². The number of aromatic hydroxyl groups is 1. The van der Waals surface area contributed by atoms with E-state index in [0.717, 1.165) is 22.5 Å². The first-order valence-corrected chi connectivity index (χ1v) is 5.39. The van der Waals surface area contributed by atoms with Crippen LogP contribution in [-0.4, -0.2) is 11.4 Å². The summed E-state index contributed by atoms with van der Waals surface area (Å²) in [6.07, 6.45) is 2.03. The zero-order valence-corrected chi connectivity index (χ0v) is 8.10. The highest BCUT2D eigenvalue weighted by Gasteiger charge is 2.03. The van der Waals surface area contributed by atoms with Gasteiger partial charge in [0.1, 0.15) is 17.1 Å². The van der Waals surface area contributed by atoms with Gasteiger partial charge in [-0.15, -0.1) is 0 Å². The SMILES string of the molecule is CSCc1cc2ccc(O)cc2o1. The fourth-order valence-electron chi connectivity index (χ4n) is 1.29. The minimum atomic E-state index is 0.248. The van der Waals surface area contributed by atoms with Gasteiger partial charge in [-0.2, -0.15) is 11.8 Å². The molecule has 0 aliphatic heterocycles. The monoisotopic (exact) mass is 194 g/mol. The molecule has 1 aromatic carbocycles. The lowest BCUT2D eigenvalue weighted by Gasteiger charge is -1.89. The fraction of sp³-hybridized carbons (Fsp3) is 0.200. The molecular weight excluding hydrogens is 184 g/mol. The highest BCUT2D eigenvalue weighted by molar-refractivity contribution is 7.97. The van der Waals surface area contributed by atoms with Gasteiger partial charge in [0.15, 0.2) is 0 Å². The first-order chi connectivity index (χ1) is 6.29. The van der Waals surface area contributed by atoms with Crippen molar-refractivity contribution >= 4 is 22.7 Å². The molecule has 0 aliphatic carbocycles.